The molecular weight excluding hydrogens is 446 g/mol. The minimum atomic E-state index is 0.212. The highest BCUT2D eigenvalue weighted by atomic mass is 79.9. The lowest BCUT2D eigenvalue weighted by Gasteiger charge is -2.06. The summed E-state index contributed by atoms with van der Waals surface area (Å²) in [5.41, 5.74) is 2.51. The normalized spacial score (nSPS) is 11.8. The number of hydrogen-bond acceptors (Lipinski definition) is 3. The predicted molar refractivity (Wildman–Crippen MR) is 109 cm³/mol. The molecule has 0 amide bonds. The number of phenolic OH excluding ortho intramolecular Hbond substituents is 1. The number of imidazole rings is 1. The zero-order valence-electron chi connectivity index (χ0n) is 13.2. The van der Waals surface area contributed by atoms with Gasteiger partial charge in [-0.15, -0.1) is 0 Å². The van der Waals surface area contributed by atoms with Crippen LogP contribution < -0.4 is 0 Å². The molecule has 1 aromatic heterocycles. The number of halogens is 2. The maximum absolute atomic E-state index is 10.6. The molecule has 6 heteroatoms. The summed E-state index contributed by atoms with van der Waals surface area (Å²) in [6, 6.07) is 15.5. The van der Waals surface area contributed by atoms with Gasteiger partial charge in [0.25, 0.3) is 0 Å². The van der Waals surface area contributed by atoms with Crippen LogP contribution in [0.1, 0.15) is 5.56 Å². The highest BCUT2D eigenvalue weighted by Gasteiger charge is 2.10. The van der Waals surface area contributed by atoms with Crippen molar-refractivity contribution >= 4 is 65.8 Å². The Bertz CT molecular complexity index is 1150. The second-order valence-corrected chi connectivity index (χ2v) is 7.47. The summed E-state index contributed by atoms with van der Waals surface area (Å²) < 4.78 is 3.83. The second-order valence-electron chi connectivity index (χ2n) is 5.70. The Hall–Kier alpha value is -2.18. The van der Waals surface area contributed by atoms with E-state index in [1.807, 2.05) is 60.1 Å². The Morgan fingerprint density at radius 2 is 1.84 bits per heavy atom. The van der Waals surface area contributed by atoms with E-state index in [1.165, 1.54) is 0 Å². The van der Waals surface area contributed by atoms with Gasteiger partial charge in [0, 0.05) is 33.2 Å². The number of nitrogens with zero attached hydrogens (tertiary/aromatic N) is 3. The lowest BCUT2D eigenvalue weighted by molar-refractivity contribution is 0.481. The van der Waals surface area contributed by atoms with E-state index >= 15 is 0 Å². The third kappa shape index (κ3) is 2.85. The fraction of sp³-hybridized carbons (Fsp3) is 0.0526. The maximum Gasteiger partial charge on any atom is 0.230 e. The average molecular weight is 459 g/mol. The van der Waals surface area contributed by atoms with Gasteiger partial charge in [0.15, 0.2) is 0 Å². The van der Waals surface area contributed by atoms with Crippen LogP contribution >= 0.6 is 31.9 Å². The first-order chi connectivity index (χ1) is 12.0. The van der Waals surface area contributed by atoms with E-state index in [4.69, 9.17) is 0 Å². The van der Waals surface area contributed by atoms with Crippen molar-refractivity contribution in [1.82, 2.24) is 9.55 Å². The van der Waals surface area contributed by atoms with Gasteiger partial charge < -0.3 is 9.67 Å². The fourth-order valence-corrected chi connectivity index (χ4v) is 3.77. The molecule has 25 heavy (non-hydrogen) atoms. The summed E-state index contributed by atoms with van der Waals surface area (Å²) in [5, 5.41) is 12.3. The molecule has 4 aromatic rings. The van der Waals surface area contributed by atoms with Gasteiger partial charge in [-0.3, -0.25) is 0 Å². The van der Waals surface area contributed by atoms with Crippen LogP contribution in [-0.2, 0) is 7.05 Å². The maximum atomic E-state index is 10.6. The zero-order chi connectivity index (χ0) is 17.6. The van der Waals surface area contributed by atoms with E-state index in [1.54, 1.807) is 6.21 Å². The molecule has 3 aromatic carbocycles. The number of aliphatic imine (C=N–C) groups is 1. The first kappa shape index (κ1) is 16.3. The Kier molecular flexibility index (Phi) is 4.09. The number of aryl methyl sites for hydroxylation is 1. The van der Waals surface area contributed by atoms with Crippen molar-refractivity contribution < 1.29 is 5.11 Å². The number of aromatic nitrogens is 2. The summed E-state index contributed by atoms with van der Waals surface area (Å²) in [6.07, 6.45) is 1.64. The zero-order valence-corrected chi connectivity index (χ0v) is 16.4. The molecule has 0 atom stereocenters. The quantitative estimate of drug-likeness (QED) is 0.391. The van der Waals surface area contributed by atoms with Gasteiger partial charge in [-0.1, -0.05) is 56.1 Å². The van der Waals surface area contributed by atoms with E-state index in [9.17, 15) is 5.11 Å². The van der Waals surface area contributed by atoms with Crippen LogP contribution in [0.5, 0.6) is 5.75 Å². The summed E-state index contributed by atoms with van der Waals surface area (Å²) in [7, 11) is 1.92. The lowest BCUT2D eigenvalue weighted by Crippen LogP contribution is -1.89. The van der Waals surface area contributed by atoms with Crippen molar-refractivity contribution in [2.45, 2.75) is 0 Å². The molecule has 0 aliphatic carbocycles. The topological polar surface area (TPSA) is 50.4 Å². The molecule has 4 rings (SSSR count). The van der Waals surface area contributed by atoms with Gasteiger partial charge in [0.1, 0.15) is 5.75 Å². The Morgan fingerprint density at radius 3 is 2.64 bits per heavy atom. The predicted octanol–water partition coefficient (Wildman–Crippen LogP) is 5.71. The number of fused-ring (bicyclic) bond motifs is 2. The van der Waals surface area contributed by atoms with Crippen LogP contribution in [0.15, 0.2) is 62.5 Å². The van der Waals surface area contributed by atoms with Crippen molar-refractivity contribution in [2.24, 2.45) is 12.0 Å². The average Bonchev–Trinajstić information content (AvgIpc) is 2.93. The molecule has 0 saturated heterocycles. The van der Waals surface area contributed by atoms with Crippen molar-refractivity contribution in [3.05, 3.63) is 63.0 Å². The summed E-state index contributed by atoms with van der Waals surface area (Å²) in [5.74, 6) is 0.792. The fourth-order valence-electron chi connectivity index (χ4n) is 2.83. The molecule has 0 bridgehead atoms. The van der Waals surface area contributed by atoms with Gasteiger partial charge in [-0.25, -0.2) is 9.98 Å². The molecule has 4 nitrogen and oxygen atoms in total. The SMILES string of the molecule is Cn1c(/N=C/c2cc(Br)c3ccccc3c2O)nc2ccc(Br)cc21. The Balaban J connectivity index is 1.81. The van der Waals surface area contributed by atoms with Crippen LogP contribution in [0, 0.1) is 0 Å². The van der Waals surface area contributed by atoms with E-state index in [0.29, 0.717) is 11.5 Å². The molecule has 0 fully saturated rings. The third-order valence-electron chi connectivity index (χ3n) is 4.13. The number of phenols is 1. The highest BCUT2D eigenvalue weighted by Crippen LogP contribution is 2.34. The first-order valence-electron chi connectivity index (χ1n) is 7.61. The van der Waals surface area contributed by atoms with Gasteiger partial charge >= 0.3 is 0 Å². The molecule has 0 aliphatic rings. The van der Waals surface area contributed by atoms with Gasteiger partial charge in [-0.05, 0) is 29.7 Å². The van der Waals surface area contributed by atoms with E-state index in [0.717, 1.165) is 30.8 Å². The number of benzene rings is 3. The molecular formula is C19H13Br2N3O. The monoisotopic (exact) mass is 457 g/mol. The van der Waals surface area contributed by atoms with Gasteiger partial charge in [-0.2, -0.15) is 0 Å². The minimum Gasteiger partial charge on any atom is -0.507 e. The smallest absolute Gasteiger partial charge is 0.230 e. The van der Waals surface area contributed by atoms with Crippen molar-refractivity contribution in [3.63, 3.8) is 0 Å². The molecule has 0 aliphatic heterocycles. The van der Waals surface area contributed by atoms with Crippen LogP contribution in [0.2, 0.25) is 0 Å². The van der Waals surface area contributed by atoms with Crippen molar-refractivity contribution in [2.75, 3.05) is 0 Å². The Morgan fingerprint density at radius 1 is 1.08 bits per heavy atom. The molecule has 0 unspecified atom stereocenters. The van der Waals surface area contributed by atoms with Crippen LogP contribution in [0.25, 0.3) is 21.8 Å². The summed E-state index contributed by atoms with van der Waals surface area (Å²) in [4.78, 5) is 9.02. The molecule has 0 saturated carbocycles. The number of aromatic hydroxyl groups is 1. The molecule has 0 spiro atoms. The largest absolute Gasteiger partial charge is 0.507 e. The summed E-state index contributed by atoms with van der Waals surface area (Å²) in [6.45, 7) is 0. The Labute approximate surface area is 161 Å². The number of hydrogen-bond donors (Lipinski definition) is 1. The lowest BCUT2D eigenvalue weighted by atomic mass is 10.1. The third-order valence-corrected chi connectivity index (χ3v) is 5.28. The van der Waals surface area contributed by atoms with Crippen molar-refractivity contribution in [3.8, 4) is 5.75 Å². The van der Waals surface area contributed by atoms with E-state index in [-0.39, 0.29) is 5.75 Å². The van der Waals surface area contributed by atoms with Gasteiger partial charge in [0.2, 0.25) is 5.95 Å². The van der Waals surface area contributed by atoms with E-state index < -0.39 is 0 Å². The second kappa shape index (κ2) is 6.28. The van der Waals surface area contributed by atoms with Crippen LogP contribution in [0.4, 0.5) is 5.95 Å². The summed E-state index contributed by atoms with van der Waals surface area (Å²) >= 11 is 7.03. The number of rotatable bonds is 2. The van der Waals surface area contributed by atoms with Crippen LogP contribution in [0.3, 0.4) is 0 Å². The van der Waals surface area contributed by atoms with Crippen LogP contribution in [-0.4, -0.2) is 20.9 Å². The standard InChI is InChI=1S/C19H13Br2N3O/c1-24-17-9-12(20)6-7-16(17)23-19(24)22-10-11-8-15(21)13-4-2-3-5-14(13)18(11)25/h2-10,25H,1H3/b22-10+. The highest BCUT2D eigenvalue weighted by molar-refractivity contribution is 9.11. The molecule has 124 valence electrons. The molecule has 1 N–H and O–H groups in total. The minimum absolute atomic E-state index is 0.212. The van der Waals surface area contributed by atoms with E-state index in [2.05, 4.69) is 41.8 Å². The van der Waals surface area contributed by atoms with Gasteiger partial charge in [0.05, 0.1) is 11.0 Å². The first-order valence-corrected chi connectivity index (χ1v) is 9.19. The van der Waals surface area contributed by atoms with Crippen molar-refractivity contribution in [1.29, 1.82) is 0 Å². The molecule has 1 heterocycles. The molecule has 0 radical (unpaired) electrons.